The second kappa shape index (κ2) is 6.00. The van der Waals surface area contributed by atoms with Crippen molar-refractivity contribution in [3.05, 3.63) is 41.6 Å². The molecule has 0 aliphatic heterocycles. The summed E-state index contributed by atoms with van der Waals surface area (Å²) in [4.78, 5) is 12.2. The molecule has 0 radical (unpaired) electrons. The lowest BCUT2D eigenvalue weighted by molar-refractivity contribution is -0.152. The summed E-state index contributed by atoms with van der Waals surface area (Å²) in [6, 6.07) is 3.75. The third kappa shape index (κ3) is 2.81. The average molecular weight is 334 g/mol. The lowest BCUT2D eigenvalue weighted by Gasteiger charge is -2.22. The molecular weight excluding hydrogens is 314 g/mol. The van der Waals surface area contributed by atoms with E-state index in [1.165, 1.54) is 22.9 Å². The first kappa shape index (κ1) is 16.6. The van der Waals surface area contributed by atoms with Crippen molar-refractivity contribution in [1.29, 1.82) is 0 Å². The Labute approximate surface area is 139 Å². The minimum atomic E-state index is -1.06. The summed E-state index contributed by atoms with van der Waals surface area (Å²) in [5, 5.41) is 4.37. The van der Waals surface area contributed by atoms with Crippen LogP contribution in [-0.2, 0) is 15.1 Å². The SMILES string of the molecule is CCOC(=O)C(C)(C)n1cc(C2CC2)c(-c2c(F)cccc2F)n1. The van der Waals surface area contributed by atoms with Crippen LogP contribution < -0.4 is 0 Å². The van der Waals surface area contributed by atoms with Crippen molar-refractivity contribution < 1.29 is 18.3 Å². The molecule has 1 aromatic carbocycles. The molecule has 4 nitrogen and oxygen atoms in total. The van der Waals surface area contributed by atoms with Crippen molar-refractivity contribution in [3.63, 3.8) is 0 Å². The van der Waals surface area contributed by atoms with Gasteiger partial charge in [-0.2, -0.15) is 5.10 Å². The van der Waals surface area contributed by atoms with Crippen LogP contribution >= 0.6 is 0 Å². The number of carbonyl (C=O) groups is 1. The second-order valence-electron chi connectivity index (χ2n) is 6.53. The highest BCUT2D eigenvalue weighted by Crippen LogP contribution is 2.45. The zero-order valence-corrected chi connectivity index (χ0v) is 14.0. The maximum Gasteiger partial charge on any atom is 0.333 e. The third-order valence-electron chi connectivity index (χ3n) is 4.31. The van der Waals surface area contributed by atoms with E-state index in [1.807, 2.05) is 0 Å². The van der Waals surface area contributed by atoms with Gasteiger partial charge in [-0.1, -0.05) is 6.07 Å². The van der Waals surface area contributed by atoms with Gasteiger partial charge in [0.2, 0.25) is 0 Å². The Morgan fingerprint density at radius 1 is 1.33 bits per heavy atom. The Morgan fingerprint density at radius 2 is 1.96 bits per heavy atom. The summed E-state index contributed by atoms with van der Waals surface area (Å²) in [5.74, 6) is -1.52. The van der Waals surface area contributed by atoms with Crippen molar-refractivity contribution in [2.45, 2.75) is 45.1 Å². The summed E-state index contributed by atoms with van der Waals surface area (Å²) in [5.41, 5.74) is -0.153. The van der Waals surface area contributed by atoms with Gasteiger partial charge < -0.3 is 4.74 Å². The molecule has 6 heteroatoms. The number of aromatic nitrogens is 2. The maximum atomic E-state index is 14.2. The number of ether oxygens (including phenoxy) is 1. The molecule has 3 rings (SSSR count). The Morgan fingerprint density at radius 3 is 2.50 bits per heavy atom. The quantitative estimate of drug-likeness (QED) is 0.776. The van der Waals surface area contributed by atoms with E-state index in [2.05, 4.69) is 5.10 Å². The molecule has 24 heavy (non-hydrogen) atoms. The molecule has 0 atom stereocenters. The van der Waals surface area contributed by atoms with Crippen LogP contribution in [0.25, 0.3) is 11.3 Å². The summed E-state index contributed by atoms with van der Waals surface area (Å²) in [6.07, 6.45) is 3.62. The Balaban J connectivity index is 2.11. The zero-order valence-electron chi connectivity index (χ0n) is 14.0. The summed E-state index contributed by atoms with van der Waals surface area (Å²) < 4.78 is 35.0. The van der Waals surface area contributed by atoms with Crippen LogP contribution in [0.4, 0.5) is 8.78 Å². The van der Waals surface area contributed by atoms with Gasteiger partial charge in [-0.3, -0.25) is 4.68 Å². The first-order valence-electron chi connectivity index (χ1n) is 8.08. The first-order chi connectivity index (χ1) is 11.4. The zero-order chi connectivity index (χ0) is 17.5. The van der Waals surface area contributed by atoms with Crippen molar-refractivity contribution in [3.8, 4) is 11.3 Å². The smallest absolute Gasteiger partial charge is 0.333 e. The summed E-state index contributed by atoms with van der Waals surface area (Å²) in [7, 11) is 0. The number of benzene rings is 1. The van der Waals surface area contributed by atoms with Crippen molar-refractivity contribution in [1.82, 2.24) is 9.78 Å². The summed E-state index contributed by atoms with van der Waals surface area (Å²) in [6.45, 7) is 5.34. The van der Waals surface area contributed by atoms with Crippen LogP contribution in [0.2, 0.25) is 0 Å². The molecule has 0 bridgehead atoms. The van der Waals surface area contributed by atoms with Crippen molar-refractivity contribution >= 4 is 5.97 Å². The number of halogens is 2. The van der Waals surface area contributed by atoms with E-state index in [4.69, 9.17) is 4.74 Å². The van der Waals surface area contributed by atoms with Gasteiger partial charge in [0, 0.05) is 11.8 Å². The highest BCUT2D eigenvalue weighted by atomic mass is 19.1. The van der Waals surface area contributed by atoms with E-state index in [0.717, 1.165) is 18.4 Å². The summed E-state index contributed by atoms with van der Waals surface area (Å²) >= 11 is 0. The molecule has 1 aliphatic carbocycles. The minimum Gasteiger partial charge on any atom is -0.464 e. The molecule has 1 fully saturated rings. The Hall–Kier alpha value is -2.24. The molecule has 0 amide bonds. The van der Waals surface area contributed by atoms with E-state index in [-0.39, 0.29) is 23.8 Å². The van der Waals surface area contributed by atoms with Crippen molar-refractivity contribution in [2.75, 3.05) is 6.61 Å². The molecule has 1 aromatic heterocycles. The standard InChI is InChI=1S/C18H20F2N2O2/c1-4-24-17(23)18(2,3)22-10-12(11-8-9-11)16(21-22)15-13(19)6-5-7-14(15)20/h5-7,10-11H,4,8-9H2,1-3H3. The number of carbonyl (C=O) groups excluding carboxylic acids is 1. The topological polar surface area (TPSA) is 44.1 Å². The minimum absolute atomic E-state index is 0.141. The van der Waals surface area contributed by atoms with Crippen LogP contribution in [-0.4, -0.2) is 22.4 Å². The molecule has 1 saturated carbocycles. The van der Waals surface area contributed by atoms with E-state index < -0.39 is 23.1 Å². The number of esters is 1. The predicted octanol–water partition coefficient (Wildman–Crippen LogP) is 4.00. The highest BCUT2D eigenvalue weighted by Gasteiger charge is 2.37. The van der Waals surface area contributed by atoms with Gasteiger partial charge in [0.25, 0.3) is 0 Å². The lowest BCUT2D eigenvalue weighted by Crippen LogP contribution is -2.37. The molecule has 1 heterocycles. The fraction of sp³-hybridized carbons (Fsp3) is 0.444. The van der Waals surface area contributed by atoms with Crippen LogP contribution in [0, 0.1) is 11.6 Å². The lowest BCUT2D eigenvalue weighted by atomic mass is 10.0. The van der Waals surface area contributed by atoms with Gasteiger partial charge >= 0.3 is 5.97 Å². The first-order valence-corrected chi connectivity index (χ1v) is 8.08. The van der Waals surface area contributed by atoms with E-state index in [1.54, 1.807) is 27.0 Å². The Bertz CT molecular complexity index is 759. The number of hydrogen-bond acceptors (Lipinski definition) is 3. The molecule has 0 unspecified atom stereocenters. The van der Waals surface area contributed by atoms with Gasteiger partial charge in [-0.05, 0) is 51.7 Å². The van der Waals surface area contributed by atoms with E-state index in [0.29, 0.717) is 0 Å². The van der Waals surface area contributed by atoms with Crippen LogP contribution in [0.3, 0.4) is 0 Å². The van der Waals surface area contributed by atoms with Crippen LogP contribution in [0.1, 0.15) is 45.1 Å². The number of nitrogens with zero attached hydrogens (tertiary/aromatic N) is 2. The second-order valence-corrected chi connectivity index (χ2v) is 6.53. The number of rotatable bonds is 5. The predicted molar refractivity (Wildman–Crippen MR) is 85.5 cm³/mol. The van der Waals surface area contributed by atoms with Gasteiger partial charge in [0.15, 0.2) is 5.54 Å². The third-order valence-corrected chi connectivity index (χ3v) is 4.31. The molecule has 0 spiro atoms. The molecule has 0 saturated heterocycles. The normalized spacial score (nSPS) is 14.7. The molecule has 2 aromatic rings. The van der Waals surface area contributed by atoms with Crippen LogP contribution in [0.15, 0.2) is 24.4 Å². The van der Waals surface area contributed by atoms with Crippen molar-refractivity contribution in [2.24, 2.45) is 0 Å². The average Bonchev–Trinajstić information content (AvgIpc) is 3.27. The molecule has 128 valence electrons. The Kier molecular flexibility index (Phi) is 4.15. The molecule has 0 N–H and O–H groups in total. The fourth-order valence-corrected chi connectivity index (χ4v) is 2.69. The van der Waals surface area contributed by atoms with E-state index in [9.17, 15) is 13.6 Å². The monoisotopic (exact) mass is 334 g/mol. The molecular formula is C18H20F2N2O2. The largest absolute Gasteiger partial charge is 0.464 e. The number of hydrogen-bond donors (Lipinski definition) is 0. The molecule has 1 aliphatic rings. The maximum absolute atomic E-state index is 14.2. The van der Waals surface area contributed by atoms with Crippen LogP contribution in [0.5, 0.6) is 0 Å². The van der Waals surface area contributed by atoms with Gasteiger partial charge in [0.05, 0.1) is 12.2 Å². The fourth-order valence-electron chi connectivity index (χ4n) is 2.69. The van der Waals surface area contributed by atoms with E-state index >= 15 is 0 Å². The van der Waals surface area contributed by atoms with Gasteiger partial charge in [-0.15, -0.1) is 0 Å². The van der Waals surface area contributed by atoms with Gasteiger partial charge in [0.1, 0.15) is 17.3 Å². The highest BCUT2D eigenvalue weighted by molar-refractivity contribution is 5.78. The van der Waals surface area contributed by atoms with Gasteiger partial charge in [-0.25, -0.2) is 13.6 Å².